The van der Waals surface area contributed by atoms with Gasteiger partial charge in [-0.15, -0.1) is 0 Å². The number of carbonyl (C=O) groups is 4. The van der Waals surface area contributed by atoms with Crippen molar-refractivity contribution in [3.8, 4) is 0 Å². The van der Waals surface area contributed by atoms with Crippen molar-refractivity contribution in [3.63, 3.8) is 0 Å². The average molecular weight is 433 g/mol. The number of rotatable bonds is 6. The van der Waals surface area contributed by atoms with Crippen LogP contribution >= 0.6 is 0 Å². The predicted molar refractivity (Wildman–Crippen MR) is 116 cm³/mol. The number of carbonyl (C=O) groups excluding carboxylic acids is 4. The number of ether oxygens (including phenoxy) is 2. The summed E-state index contributed by atoms with van der Waals surface area (Å²) in [5.41, 5.74) is 1.37. The fourth-order valence-electron chi connectivity index (χ4n) is 2.81. The van der Waals surface area contributed by atoms with Crippen LogP contribution in [0.15, 0.2) is 67.0 Å². The molecule has 3 aromatic rings. The molecule has 0 saturated carbocycles. The average Bonchev–Trinajstić information content (AvgIpc) is 2.83. The minimum atomic E-state index is -0.675. The normalized spacial score (nSPS) is 10.1. The summed E-state index contributed by atoms with van der Waals surface area (Å²) < 4.78 is 9.38. The van der Waals surface area contributed by atoms with Gasteiger partial charge in [-0.1, -0.05) is 6.07 Å². The van der Waals surface area contributed by atoms with Gasteiger partial charge in [-0.2, -0.15) is 0 Å². The lowest BCUT2D eigenvalue weighted by Gasteiger charge is -2.11. The van der Waals surface area contributed by atoms with Gasteiger partial charge in [0, 0.05) is 29.3 Å². The first kappa shape index (κ1) is 22.2. The molecule has 3 rings (SSSR count). The number of hydrogen-bond donors (Lipinski definition) is 2. The second-order valence-corrected chi connectivity index (χ2v) is 6.51. The monoisotopic (exact) mass is 433 g/mol. The maximum Gasteiger partial charge on any atom is 0.337 e. The van der Waals surface area contributed by atoms with Crippen molar-refractivity contribution in [1.82, 2.24) is 4.98 Å². The summed E-state index contributed by atoms with van der Waals surface area (Å²) in [6, 6.07) is 13.6. The summed E-state index contributed by atoms with van der Waals surface area (Å²) in [4.78, 5) is 52.8. The maximum atomic E-state index is 12.8. The quantitative estimate of drug-likeness (QED) is 0.572. The summed E-state index contributed by atoms with van der Waals surface area (Å²) in [6.45, 7) is 0. The zero-order valence-corrected chi connectivity index (χ0v) is 17.2. The van der Waals surface area contributed by atoms with Crippen LogP contribution in [0.3, 0.4) is 0 Å². The first-order valence-corrected chi connectivity index (χ1v) is 9.36. The molecule has 2 N–H and O–H groups in total. The number of aromatic nitrogens is 1. The van der Waals surface area contributed by atoms with E-state index in [2.05, 4.69) is 15.6 Å². The van der Waals surface area contributed by atoms with Gasteiger partial charge in [0.15, 0.2) is 0 Å². The van der Waals surface area contributed by atoms with E-state index in [1.165, 1.54) is 44.7 Å². The van der Waals surface area contributed by atoms with Gasteiger partial charge in [-0.3, -0.25) is 14.6 Å². The molecule has 0 atom stereocenters. The Morgan fingerprint density at radius 2 is 1.25 bits per heavy atom. The van der Waals surface area contributed by atoms with Crippen molar-refractivity contribution in [1.29, 1.82) is 0 Å². The van der Waals surface area contributed by atoms with Crippen LogP contribution in [-0.4, -0.2) is 43.0 Å². The Morgan fingerprint density at radius 1 is 0.688 bits per heavy atom. The molecular weight excluding hydrogens is 414 g/mol. The lowest BCUT2D eigenvalue weighted by atomic mass is 10.1. The SMILES string of the molecule is COC(=O)c1cc(NC(=O)c2cccc(NC(=O)c3cccnc3)c2)cc(C(=O)OC)c1. The molecule has 0 radical (unpaired) electrons. The highest BCUT2D eigenvalue weighted by atomic mass is 16.5. The number of hydrogen-bond acceptors (Lipinski definition) is 7. The van der Waals surface area contributed by atoms with Gasteiger partial charge < -0.3 is 20.1 Å². The highest BCUT2D eigenvalue weighted by Gasteiger charge is 2.16. The third kappa shape index (κ3) is 5.33. The molecule has 0 aliphatic rings. The molecule has 1 aromatic heterocycles. The van der Waals surface area contributed by atoms with E-state index < -0.39 is 17.8 Å². The van der Waals surface area contributed by atoms with Gasteiger partial charge in [0.1, 0.15) is 0 Å². The van der Waals surface area contributed by atoms with Crippen molar-refractivity contribution in [2.24, 2.45) is 0 Å². The standard InChI is InChI=1S/C23H19N3O6/c1-31-22(29)16-9-17(23(30)32-2)12-19(11-16)26-20(27)14-5-3-7-18(10-14)25-21(28)15-6-4-8-24-13-15/h3-13H,1-2H3,(H,25,28)(H,26,27). The van der Waals surface area contributed by atoms with Crippen LogP contribution in [0, 0.1) is 0 Å². The van der Waals surface area contributed by atoms with E-state index in [1.807, 2.05) is 0 Å². The lowest BCUT2D eigenvalue weighted by Crippen LogP contribution is -2.16. The number of benzene rings is 2. The molecule has 0 bridgehead atoms. The Kier molecular flexibility index (Phi) is 6.92. The van der Waals surface area contributed by atoms with Crippen molar-refractivity contribution in [2.45, 2.75) is 0 Å². The van der Waals surface area contributed by atoms with E-state index >= 15 is 0 Å². The van der Waals surface area contributed by atoms with Gasteiger partial charge >= 0.3 is 11.9 Å². The number of nitrogens with zero attached hydrogens (tertiary/aromatic N) is 1. The van der Waals surface area contributed by atoms with Gasteiger partial charge in [-0.25, -0.2) is 9.59 Å². The first-order chi connectivity index (χ1) is 15.4. The Hall–Kier alpha value is -4.53. The van der Waals surface area contributed by atoms with E-state index in [-0.39, 0.29) is 28.3 Å². The van der Waals surface area contributed by atoms with Crippen molar-refractivity contribution in [2.75, 3.05) is 24.9 Å². The second kappa shape index (κ2) is 9.98. The molecular formula is C23H19N3O6. The number of pyridine rings is 1. The summed E-state index contributed by atoms with van der Waals surface area (Å²) in [5.74, 6) is -2.23. The zero-order valence-electron chi connectivity index (χ0n) is 17.2. The predicted octanol–water partition coefficient (Wildman–Crippen LogP) is 3.16. The maximum absolute atomic E-state index is 12.8. The second-order valence-electron chi connectivity index (χ2n) is 6.51. The van der Waals surface area contributed by atoms with Crippen LogP contribution in [0.25, 0.3) is 0 Å². The van der Waals surface area contributed by atoms with Crippen molar-refractivity contribution in [3.05, 3.63) is 89.2 Å². The number of anilines is 2. The van der Waals surface area contributed by atoms with Crippen LogP contribution in [0.4, 0.5) is 11.4 Å². The van der Waals surface area contributed by atoms with Crippen LogP contribution in [0.5, 0.6) is 0 Å². The van der Waals surface area contributed by atoms with E-state index in [9.17, 15) is 19.2 Å². The first-order valence-electron chi connectivity index (χ1n) is 9.36. The fraction of sp³-hybridized carbons (Fsp3) is 0.0870. The Labute approximate surface area is 183 Å². The molecule has 2 amide bonds. The van der Waals surface area contributed by atoms with Crippen LogP contribution in [0.1, 0.15) is 41.4 Å². The van der Waals surface area contributed by atoms with Crippen molar-refractivity contribution >= 4 is 35.1 Å². The molecule has 0 spiro atoms. The number of nitrogens with one attached hydrogen (secondary N) is 2. The van der Waals surface area contributed by atoms with Gasteiger partial charge in [0.05, 0.1) is 30.9 Å². The largest absolute Gasteiger partial charge is 0.465 e. The van der Waals surface area contributed by atoms with E-state index in [0.717, 1.165) is 0 Å². The molecule has 0 aliphatic carbocycles. The topological polar surface area (TPSA) is 124 Å². The molecule has 2 aromatic carbocycles. The molecule has 162 valence electrons. The number of amides is 2. The minimum Gasteiger partial charge on any atom is -0.465 e. The third-order valence-electron chi connectivity index (χ3n) is 4.34. The fourth-order valence-corrected chi connectivity index (χ4v) is 2.81. The molecule has 0 aliphatic heterocycles. The molecule has 0 fully saturated rings. The van der Waals surface area contributed by atoms with Gasteiger partial charge in [-0.05, 0) is 48.5 Å². The molecule has 9 heteroatoms. The smallest absolute Gasteiger partial charge is 0.337 e. The van der Waals surface area contributed by atoms with Crippen LogP contribution in [-0.2, 0) is 9.47 Å². The molecule has 0 unspecified atom stereocenters. The lowest BCUT2D eigenvalue weighted by molar-refractivity contribution is 0.0598. The van der Waals surface area contributed by atoms with Gasteiger partial charge in [0.2, 0.25) is 0 Å². The summed E-state index contributed by atoms with van der Waals surface area (Å²) in [5, 5.41) is 5.33. The molecule has 9 nitrogen and oxygen atoms in total. The van der Waals surface area contributed by atoms with E-state index in [0.29, 0.717) is 11.3 Å². The third-order valence-corrected chi connectivity index (χ3v) is 4.34. The molecule has 32 heavy (non-hydrogen) atoms. The molecule has 0 saturated heterocycles. The highest BCUT2D eigenvalue weighted by molar-refractivity contribution is 6.08. The van der Waals surface area contributed by atoms with Crippen molar-refractivity contribution < 1.29 is 28.7 Å². The van der Waals surface area contributed by atoms with Crippen LogP contribution in [0.2, 0.25) is 0 Å². The summed E-state index contributed by atoms with van der Waals surface area (Å²) in [6.07, 6.45) is 2.99. The Balaban J connectivity index is 1.81. The minimum absolute atomic E-state index is 0.0724. The Morgan fingerprint density at radius 3 is 1.84 bits per heavy atom. The van der Waals surface area contributed by atoms with E-state index in [1.54, 1.807) is 36.5 Å². The Bertz CT molecular complexity index is 1140. The van der Waals surface area contributed by atoms with E-state index in [4.69, 9.17) is 9.47 Å². The highest BCUT2D eigenvalue weighted by Crippen LogP contribution is 2.19. The van der Waals surface area contributed by atoms with Crippen LogP contribution < -0.4 is 10.6 Å². The zero-order chi connectivity index (χ0) is 23.1. The number of esters is 2. The van der Waals surface area contributed by atoms with Gasteiger partial charge in [0.25, 0.3) is 11.8 Å². The summed E-state index contributed by atoms with van der Waals surface area (Å²) in [7, 11) is 2.41. The summed E-state index contributed by atoms with van der Waals surface area (Å²) >= 11 is 0. The molecule has 1 heterocycles. The number of methoxy groups -OCH3 is 2.